The molecule has 0 atom stereocenters. The van der Waals surface area contributed by atoms with Gasteiger partial charge in [0.05, 0.1) is 0 Å². The lowest BCUT2D eigenvalue weighted by molar-refractivity contribution is -0.126. The minimum Gasteiger partial charge on any atom is -0.359 e. The smallest absolute Gasteiger partial charge is 0.220 e. The molecule has 0 heterocycles. The molecule has 0 radical (unpaired) electrons. The number of hydrogen-bond donors (Lipinski definition) is 3. The molecule has 0 spiro atoms. The Bertz CT molecular complexity index is 486. The highest BCUT2D eigenvalue weighted by molar-refractivity contribution is 5.80. The van der Waals surface area contributed by atoms with Crippen molar-refractivity contribution < 1.29 is 24.0 Å². The molecule has 0 aromatic carbocycles. The standard InChI is InChI=1S/C19H32N2O5.CH5N/c1-14(22)8-11-19(12-9-15(2)23,13-10-16(3)24)21-18(26)7-5-6-17(25)20-4;1-2/h5-13H2,1-4H3,(H,20,25)(H,21,26);2H2,1H3. The number of hydrogen-bond acceptors (Lipinski definition) is 6. The first-order chi connectivity index (χ1) is 13.1. The Kier molecular flexibility index (Phi) is 16.0. The second-order valence-electron chi connectivity index (χ2n) is 6.96. The molecule has 0 aliphatic carbocycles. The largest absolute Gasteiger partial charge is 0.359 e. The zero-order valence-corrected chi connectivity index (χ0v) is 18.0. The van der Waals surface area contributed by atoms with Gasteiger partial charge in [-0.3, -0.25) is 9.59 Å². The van der Waals surface area contributed by atoms with Crippen LogP contribution in [0, 0.1) is 0 Å². The lowest BCUT2D eigenvalue weighted by Crippen LogP contribution is -2.49. The summed E-state index contributed by atoms with van der Waals surface area (Å²) >= 11 is 0. The van der Waals surface area contributed by atoms with E-state index in [0.29, 0.717) is 25.7 Å². The molecule has 0 bridgehead atoms. The molecule has 2 amide bonds. The highest BCUT2D eigenvalue weighted by Gasteiger charge is 2.32. The van der Waals surface area contributed by atoms with Crippen LogP contribution in [0.5, 0.6) is 0 Å². The number of carbonyl (C=O) groups excluding carboxylic acids is 5. The predicted molar refractivity (Wildman–Crippen MR) is 109 cm³/mol. The predicted octanol–water partition coefficient (Wildman–Crippen LogP) is 1.44. The Labute approximate surface area is 168 Å². The molecule has 0 aromatic heterocycles. The lowest BCUT2D eigenvalue weighted by Gasteiger charge is -2.35. The van der Waals surface area contributed by atoms with Gasteiger partial charge in [0.2, 0.25) is 11.8 Å². The maximum atomic E-state index is 12.4. The number of carbonyl (C=O) groups is 5. The molecule has 28 heavy (non-hydrogen) atoms. The van der Waals surface area contributed by atoms with Gasteiger partial charge in [0.15, 0.2) is 0 Å². The Hall–Kier alpha value is -2.09. The summed E-state index contributed by atoms with van der Waals surface area (Å²) in [6, 6.07) is 0. The third-order valence-corrected chi connectivity index (χ3v) is 4.36. The van der Waals surface area contributed by atoms with Gasteiger partial charge in [-0.15, -0.1) is 0 Å². The SMILES string of the molecule is CN.CNC(=O)CCCC(=O)NC(CCC(C)=O)(CCC(C)=O)CCC(C)=O. The summed E-state index contributed by atoms with van der Waals surface area (Å²) in [5.74, 6) is -0.380. The van der Waals surface area contributed by atoms with Crippen LogP contribution >= 0.6 is 0 Å². The van der Waals surface area contributed by atoms with E-state index in [9.17, 15) is 24.0 Å². The summed E-state index contributed by atoms with van der Waals surface area (Å²) in [5, 5.41) is 5.46. The third-order valence-electron chi connectivity index (χ3n) is 4.36. The fourth-order valence-corrected chi connectivity index (χ4v) is 2.70. The molecule has 0 saturated heterocycles. The summed E-state index contributed by atoms with van der Waals surface area (Å²) < 4.78 is 0. The van der Waals surface area contributed by atoms with Crippen LogP contribution in [0.1, 0.15) is 78.6 Å². The second kappa shape index (κ2) is 15.9. The Morgan fingerprint density at radius 2 is 1.04 bits per heavy atom. The van der Waals surface area contributed by atoms with Crippen LogP contribution in [0.2, 0.25) is 0 Å². The number of amides is 2. The minimum atomic E-state index is -0.757. The average molecular weight is 400 g/mol. The molecule has 0 aliphatic rings. The highest BCUT2D eigenvalue weighted by atomic mass is 16.2. The van der Waals surface area contributed by atoms with Crippen molar-refractivity contribution in [3.05, 3.63) is 0 Å². The summed E-state index contributed by atoms with van der Waals surface area (Å²) in [5.41, 5.74) is 3.74. The van der Waals surface area contributed by atoms with Gasteiger partial charge in [-0.05, 0) is 53.5 Å². The molecule has 8 nitrogen and oxygen atoms in total. The van der Waals surface area contributed by atoms with Gasteiger partial charge in [-0.25, -0.2) is 0 Å². The van der Waals surface area contributed by atoms with Crippen molar-refractivity contribution >= 4 is 29.2 Å². The van der Waals surface area contributed by atoms with Gasteiger partial charge in [-0.1, -0.05) is 0 Å². The third kappa shape index (κ3) is 15.0. The summed E-state index contributed by atoms with van der Waals surface area (Å²) in [6.07, 6.45) is 2.84. The summed E-state index contributed by atoms with van der Waals surface area (Å²) in [7, 11) is 3.04. The van der Waals surface area contributed by atoms with Crippen molar-refractivity contribution in [2.24, 2.45) is 5.73 Å². The van der Waals surface area contributed by atoms with E-state index in [-0.39, 0.29) is 61.3 Å². The maximum Gasteiger partial charge on any atom is 0.220 e. The number of nitrogens with one attached hydrogen (secondary N) is 2. The van der Waals surface area contributed by atoms with E-state index >= 15 is 0 Å². The summed E-state index contributed by atoms with van der Waals surface area (Å²) in [4.78, 5) is 57.9. The first kappa shape index (κ1) is 28.1. The van der Waals surface area contributed by atoms with Crippen molar-refractivity contribution in [2.75, 3.05) is 14.1 Å². The van der Waals surface area contributed by atoms with E-state index < -0.39 is 5.54 Å². The van der Waals surface area contributed by atoms with Crippen molar-refractivity contribution in [3.8, 4) is 0 Å². The van der Waals surface area contributed by atoms with Crippen molar-refractivity contribution in [2.45, 2.75) is 84.1 Å². The van der Waals surface area contributed by atoms with Crippen LogP contribution in [0.4, 0.5) is 0 Å². The number of rotatable bonds is 14. The zero-order chi connectivity index (χ0) is 22.2. The lowest BCUT2D eigenvalue weighted by atomic mass is 9.82. The molecular formula is C20H37N3O5. The molecular weight excluding hydrogens is 362 g/mol. The quantitative estimate of drug-likeness (QED) is 0.404. The molecule has 0 aromatic rings. The van der Waals surface area contributed by atoms with Crippen LogP contribution < -0.4 is 16.4 Å². The van der Waals surface area contributed by atoms with Crippen molar-refractivity contribution in [1.29, 1.82) is 0 Å². The molecule has 0 aliphatic heterocycles. The van der Waals surface area contributed by atoms with Crippen LogP contribution in [-0.4, -0.2) is 48.8 Å². The molecule has 0 rings (SSSR count). The number of nitrogens with two attached hydrogens (primary N) is 1. The Morgan fingerprint density at radius 1 is 0.679 bits per heavy atom. The summed E-state index contributed by atoms with van der Waals surface area (Å²) in [6.45, 7) is 4.43. The van der Waals surface area contributed by atoms with E-state index in [0.717, 1.165) is 0 Å². The molecule has 0 fully saturated rings. The molecule has 4 N–H and O–H groups in total. The fourth-order valence-electron chi connectivity index (χ4n) is 2.70. The Balaban J connectivity index is 0. The van der Waals surface area contributed by atoms with E-state index in [1.807, 2.05) is 0 Å². The molecule has 8 heteroatoms. The van der Waals surface area contributed by atoms with Gasteiger partial charge in [-0.2, -0.15) is 0 Å². The average Bonchev–Trinajstić information content (AvgIpc) is 2.64. The van der Waals surface area contributed by atoms with E-state index in [2.05, 4.69) is 16.4 Å². The second-order valence-corrected chi connectivity index (χ2v) is 6.96. The minimum absolute atomic E-state index is 0.00566. The van der Waals surface area contributed by atoms with Crippen LogP contribution in [0.3, 0.4) is 0 Å². The normalized spacial score (nSPS) is 10.4. The Morgan fingerprint density at radius 3 is 1.36 bits per heavy atom. The van der Waals surface area contributed by atoms with Crippen LogP contribution in [0.25, 0.3) is 0 Å². The van der Waals surface area contributed by atoms with Crippen molar-refractivity contribution in [3.63, 3.8) is 0 Å². The molecule has 0 unspecified atom stereocenters. The highest BCUT2D eigenvalue weighted by Crippen LogP contribution is 2.27. The van der Waals surface area contributed by atoms with Gasteiger partial charge in [0.25, 0.3) is 0 Å². The van der Waals surface area contributed by atoms with Gasteiger partial charge < -0.3 is 30.8 Å². The van der Waals surface area contributed by atoms with E-state index in [1.165, 1.54) is 27.8 Å². The topological polar surface area (TPSA) is 135 Å². The first-order valence-electron chi connectivity index (χ1n) is 9.68. The van der Waals surface area contributed by atoms with E-state index in [1.54, 1.807) is 7.05 Å². The first-order valence-corrected chi connectivity index (χ1v) is 9.68. The molecule has 0 saturated carbocycles. The van der Waals surface area contributed by atoms with Crippen molar-refractivity contribution in [1.82, 2.24) is 10.6 Å². The monoisotopic (exact) mass is 399 g/mol. The maximum absolute atomic E-state index is 12.4. The zero-order valence-electron chi connectivity index (χ0n) is 18.0. The fraction of sp³-hybridized carbons (Fsp3) is 0.750. The number of Topliss-reactive ketones (excluding diaryl/α,β-unsaturated/α-hetero) is 3. The van der Waals surface area contributed by atoms with Gasteiger partial charge >= 0.3 is 0 Å². The van der Waals surface area contributed by atoms with Gasteiger partial charge in [0.1, 0.15) is 17.3 Å². The number of ketones is 3. The van der Waals surface area contributed by atoms with Crippen LogP contribution in [0.15, 0.2) is 0 Å². The van der Waals surface area contributed by atoms with Gasteiger partial charge in [0, 0.05) is 44.7 Å². The molecule has 162 valence electrons. The van der Waals surface area contributed by atoms with E-state index in [4.69, 9.17) is 0 Å². The van der Waals surface area contributed by atoms with Crippen LogP contribution in [-0.2, 0) is 24.0 Å².